The van der Waals surface area contributed by atoms with Crippen LogP contribution in [0.3, 0.4) is 0 Å². The monoisotopic (exact) mass is 383 g/mol. The molecule has 0 heterocycles. The van der Waals surface area contributed by atoms with E-state index in [1.165, 1.54) is 0 Å². The summed E-state index contributed by atoms with van der Waals surface area (Å²) in [5, 5.41) is 34.0. The lowest BCUT2D eigenvalue weighted by molar-refractivity contribution is -0.142. The summed E-state index contributed by atoms with van der Waals surface area (Å²) in [4.78, 5) is 15.8. The van der Waals surface area contributed by atoms with E-state index < -0.39 is 18.2 Å². The maximum Gasteiger partial charge on any atom is 0.344 e. The molecule has 0 radical (unpaired) electrons. The number of carboxylic acids is 1. The Kier molecular flexibility index (Phi) is 4.39. The van der Waals surface area contributed by atoms with Crippen molar-refractivity contribution in [3.8, 4) is 18.1 Å². The predicted octanol–water partition coefficient (Wildman–Crippen LogP) is 2.88. The number of fused-ring (bicyclic) bond motifs is 5. The van der Waals surface area contributed by atoms with Crippen molar-refractivity contribution in [1.29, 1.82) is 0 Å². The van der Waals surface area contributed by atoms with Crippen LogP contribution in [0, 0.1) is 29.6 Å². The molecule has 1 aromatic rings. The van der Waals surface area contributed by atoms with Gasteiger partial charge in [-0.3, -0.25) is 0 Å². The molecule has 0 aromatic heterocycles. The molecule has 5 atom stereocenters. The van der Waals surface area contributed by atoms with Crippen LogP contribution in [0.25, 0.3) is 0 Å². The summed E-state index contributed by atoms with van der Waals surface area (Å²) < 4.78 is 0. The van der Waals surface area contributed by atoms with E-state index in [4.69, 9.17) is 16.4 Å². The van der Waals surface area contributed by atoms with Gasteiger partial charge in [0.15, 0.2) is 0 Å². The highest BCUT2D eigenvalue weighted by molar-refractivity contribution is 6.03. The van der Waals surface area contributed by atoms with Crippen molar-refractivity contribution in [2.24, 2.45) is 22.4 Å². The number of carbonyl (C=O) groups is 1. The largest absolute Gasteiger partial charge is 0.508 e. The van der Waals surface area contributed by atoms with Gasteiger partial charge < -0.3 is 20.2 Å². The zero-order chi connectivity index (χ0) is 20.1. The van der Waals surface area contributed by atoms with E-state index in [9.17, 15) is 15.0 Å². The van der Waals surface area contributed by atoms with Crippen LogP contribution in [-0.2, 0) is 9.63 Å². The van der Waals surface area contributed by atoms with Crippen LogP contribution in [0.5, 0.6) is 5.75 Å². The molecule has 0 saturated heterocycles. The number of phenols is 1. The standard InChI is InChI=1S/C22H25NO5/c1-3-22(27)9-7-18-16-11-19(23-28-12-20(25)26)17-10-13(24)4-5-14(17)15(16)6-8-21(18,22)2/h1,4-5,10,15-16,18,24,27H,6-9,11-12H2,2H3,(H,25,26)/b23-19+/t15?,16?,18?,21-,22-/m0/s1. The van der Waals surface area contributed by atoms with Crippen molar-refractivity contribution in [3.05, 3.63) is 29.3 Å². The first kappa shape index (κ1) is 18.8. The number of terminal acetylenes is 1. The molecule has 3 aliphatic carbocycles. The molecule has 0 spiro atoms. The van der Waals surface area contributed by atoms with E-state index in [0.717, 1.165) is 30.4 Å². The van der Waals surface area contributed by atoms with Crippen LogP contribution in [-0.4, -0.2) is 39.2 Å². The number of oxime groups is 1. The lowest BCUT2D eigenvalue weighted by Crippen LogP contribution is -2.50. The summed E-state index contributed by atoms with van der Waals surface area (Å²) in [6, 6.07) is 5.28. The Bertz CT molecular complexity index is 887. The second kappa shape index (κ2) is 6.52. The van der Waals surface area contributed by atoms with Gasteiger partial charge in [-0.05, 0) is 67.6 Å². The molecule has 148 valence electrons. The molecular weight excluding hydrogens is 358 g/mol. The molecule has 3 aliphatic rings. The first-order valence-electron chi connectivity index (χ1n) is 9.73. The van der Waals surface area contributed by atoms with Gasteiger partial charge in [0.1, 0.15) is 11.4 Å². The van der Waals surface area contributed by atoms with Gasteiger partial charge in [0.25, 0.3) is 0 Å². The van der Waals surface area contributed by atoms with Crippen molar-refractivity contribution in [1.82, 2.24) is 0 Å². The molecular formula is C22H25NO5. The lowest BCUT2D eigenvalue weighted by atomic mass is 9.53. The third kappa shape index (κ3) is 2.68. The first-order valence-corrected chi connectivity index (χ1v) is 9.73. The number of aliphatic hydroxyl groups is 1. The maximum atomic E-state index is 11.1. The van der Waals surface area contributed by atoms with Gasteiger partial charge in [0, 0.05) is 11.0 Å². The van der Waals surface area contributed by atoms with E-state index in [0.29, 0.717) is 24.5 Å². The molecule has 28 heavy (non-hydrogen) atoms. The molecule has 1 aromatic carbocycles. The zero-order valence-corrected chi connectivity index (χ0v) is 15.9. The minimum absolute atomic E-state index is 0.145. The van der Waals surface area contributed by atoms with E-state index >= 15 is 0 Å². The second-order valence-electron chi connectivity index (χ2n) is 8.56. The quantitative estimate of drug-likeness (QED) is 0.551. The van der Waals surface area contributed by atoms with Crippen molar-refractivity contribution < 1.29 is 25.0 Å². The van der Waals surface area contributed by atoms with E-state index in [1.807, 2.05) is 6.07 Å². The van der Waals surface area contributed by atoms with E-state index in [-0.39, 0.29) is 23.0 Å². The number of aromatic hydroxyl groups is 1. The van der Waals surface area contributed by atoms with Crippen LogP contribution in [0.1, 0.15) is 56.1 Å². The molecule has 2 saturated carbocycles. The molecule has 2 fully saturated rings. The average Bonchev–Trinajstić information content (AvgIpc) is 2.93. The zero-order valence-electron chi connectivity index (χ0n) is 15.9. The van der Waals surface area contributed by atoms with Crippen LogP contribution < -0.4 is 0 Å². The van der Waals surface area contributed by atoms with Crippen molar-refractivity contribution >= 4 is 11.7 Å². The molecule has 6 heteroatoms. The maximum absolute atomic E-state index is 11.1. The Morgan fingerprint density at radius 2 is 2.18 bits per heavy atom. The SMILES string of the molecule is C#C[C@]1(O)CCC2C3C/C(=N\OCC(=O)O)c4cc(O)ccc4C3CC[C@@]21C. The fourth-order valence-corrected chi connectivity index (χ4v) is 5.91. The molecule has 3 unspecified atom stereocenters. The van der Waals surface area contributed by atoms with Crippen molar-refractivity contribution in [2.45, 2.75) is 50.5 Å². The molecule has 0 bridgehead atoms. The van der Waals surface area contributed by atoms with E-state index in [1.54, 1.807) is 12.1 Å². The van der Waals surface area contributed by atoms with Crippen LogP contribution >= 0.6 is 0 Å². The van der Waals surface area contributed by atoms with E-state index in [2.05, 4.69) is 18.0 Å². The minimum Gasteiger partial charge on any atom is -0.508 e. The molecule has 0 amide bonds. The average molecular weight is 383 g/mol. The van der Waals surface area contributed by atoms with Crippen LogP contribution in [0.15, 0.2) is 23.4 Å². The smallest absolute Gasteiger partial charge is 0.344 e. The molecule has 0 aliphatic heterocycles. The summed E-state index contributed by atoms with van der Waals surface area (Å²) in [5.41, 5.74) is 1.14. The Balaban J connectivity index is 1.74. The number of carboxylic acid groups (broad SMARTS) is 1. The Morgan fingerprint density at radius 1 is 1.39 bits per heavy atom. The summed E-state index contributed by atoms with van der Waals surface area (Å²) in [6.07, 6.45) is 9.53. The Hall–Kier alpha value is -2.52. The highest BCUT2D eigenvalue weighted by atomic mass is 16.6. The van der Waals surface area contributed by atoms with Gasteiger partial charge in [-0.25, -0.2) is 4.79 Å². The van der Waals surface area contributed by atoms with Crippen LogP contribution in [0.2, 0.25) is 0 Å². The van der Waals surface area contributed by atoms with Gasteiger partial charge >= 0.3 is 5.97 Å². The Morgan fingerprint density at radius 3 is 2.89 bits per heavy atom. The number of nitrogens with zero attached hydrogens (tertiary/aromatic N) is 1. The number of hydrogen-bond acceptors (Lipinski definition) is 5. The fraction of sp³-hybridized carbons (Fsp3) is 0.545. The number of aliphatic carboxylic acids is 1. The number of phenolic OH excluding ortho intramolecular Hbond substituents is 1. The second-order valence-corrected chi connectivity index (χ2v) is 8.56. The number of hydrogen-bond donors (Lipinski definition) is 3. The highest BCUT2D eigenvalue weighted by Gasteiger charge is 2.61. The highest BCUT2D eigenvalue weighted by Crippen LogP contribution is 2.64. The fourth-order valence-electron chi connectivity index (χ4n) is 5.91. The molecule has 4 rings (SSSR count). The van der Waals surface area contributed by atoms with Crippen molar-refractivity contribution in [3.63, 3.8) is 0 Å². The third-order valence-electron chi connectivity index (χ3n) is 7.37. The van der Waals surface area contributed by atoms with Gasteiger partial charge in [-0.2, -0.15) is 0 Å². The Labute approximate surface area is 164 Å². The molecule has 6 nitrogen and oxygen atoms in total. The molecule has 3 N–H and O–H groups in total. The van der Waals surface area contributed by atoms with Crippen molar-refractivity contribution in [2.75, 3.05) is 6.61 Å². The predicted molar refractivity (Wildman–Crippen MR) is 103 cm³/mol. The third-order valence-corrected chi connectivity index (χ3v) is 7.37. The van der Waals surface area contributed by atoms with Gasteiger partial charge in [0.2, 0.25) is 6.61 Å². The summed E-state index contributed by atoms with van der Waals surface area (Å²) in [6.45, 7) is 1.59. The van der Waals surface area contributed by atoms with Gasteiger partial charge in [-0.1, -0.05) is 24.1 Å². The number of benzene rings is 1. The van der Waals surface area contributed by atoms with Gasteiger partial charge in [-0.15, -0.1) is 6.42 Å². The van der Waals surface area contributed by atoms with Gasteiger partial charge in [0.05, 0.1) is 5.71 Å². The lowest BCUT2D eigenvalue weighted by Gasteiger charge is -2.52. The number of rotatable bonds is 3. The van der Waals surface area contributed by atoms with Crippen LogP contribution in [0.4, 0.5) is 0 Å². The summed E-state index contributed by atoms with van der Waals surface area (Å²) in [7, 11) is 0. The topological polar surface area (TPSA) is 99.4 Å². The normalized spacial score (nSPS) is 37.5. The summed E-state index contributed by atoms with van der Waals surface area (Å²) in [5.74, 6) is 2.51. The first-order chi connectivity index (χ1) is 13.3. The summed E-state index contributed by atoms with van der Waals surface area (Å²) >= 11 is 0. The minimum atomic E-state index is -1.09.